The Labute approximate surface area is 180 Å². The number of carbonyl (C=O) groups excluding carboxylic acids is 2. The third kappa shape index (κ3) is 4.28. The third-order valence-electron chi connectivity index (χ3n) is 5.11. The van der Waals surface area contributed by atoms with Gasteiger partial charge in [-0.05, 0) is 43.5 Å². The molecule has 1 saturated heterocycles. The van der Waals surface area contributed by atoms with E-state index < -0.39 is 0 Å². The van der Waals surface area contributed by atoms with Crippen LogP contribution >= 0.6 is 11.9 Å². The summed E-state index contributed by atoms with van der Waals surface area (Å²) in [4.78, 5) is 25.3. The number of allylic oxidation sites excluding steroid dienone is 2. The van der Waals surface area contributed by atoms with Crippen molar-refractivity contribution in [3.63, 3.8) is 0 Å². The summed E-state index contributed by atoms with van der Waals surface area (Å²) in [5.41, 5.74) is 2.61. The number of fused-ring (bicyclic) bond motifs is 1. The topological polar surface area (TPSA) is 55.8 Å². The van der Waals surface area contributed by atoms with Gasteiger partial charge in [-0.2, -0.15) is 0 Å². The zero-order valence-electron chi connectivity index (χ0n) is 17.0. The van der Waals surface area contributed by atoms with Crippen LogP contribution in [0.1, 0.15) is 25.3 Å². The lowest BCUT2D eigenvalue weighted by Gasteiger charge is -2.20. The number of ether oxygens (including phenoxy) is 2. The lowest BCUT2D eigenvalue weighted by atomic mass is 10.1. The molecule has 6 heteroatoms. The van der Waals surface area contributed by atoms with Crippen LogP contribution in [0.3, 0.4) is 0 Å². The highest BCUT2D eigenvalue weighted by molar-refractivity contribution is 8.06. The predicted octanol–water partition coefficient (Wildman–Crippen LogP) is 4.61. The van der Waals surface area contributed by atoms with Crippen molar-refractivity contribution in [1.82, 2.24) is 0 Å². The van der Waals surface area contributed by atoms with Crippen molar-refractivity contribution in [2.24, 2.45) is 0 Å². The van der Waals surface area contributed by atoms with Gasteiger partial charge in [0.15, 0.2) is 17.3 Å². The van der Waals surface area contributed by atoms with Crippen LogP contribution in [0.4, 0.5) is 5.69 Å². The van der Waals surface area contributed by atoms with Crippen LogP contribution < -0.4 is 13.8 Å². The van der Waals surface area contributed by atoms with Gasteiger partial charge in [0.1, 0.15) is 0 Å². The van der Waals surface area contributed by atoms with E-state index in [1.807, 2.05) is 43.3 Å². The summed E-state index contributed by atoms with van der Waals surface area (Å²) in [6, 6.07) is 15.8. The minimum atomic E-state index is -0.0938. The largest absolute Gasteiger partial charge is 0.493 e. The van der Waals surface area contributed by atoms with Crippen molar-refractivity contribution in [2.75, 3.05) is 11.4 Å². The van der Waals surface area contributed by atoms with Crippen molar-refractivity contribution in [3.05, 3.63) is 76.7 Å². The Morgan fingerprint density at radius 2 is 1.90 bits per heavy atom. The molecule has 0 N–H and O–H groups in total. The number of hydrogen-bond donors (Lipinski definition) is 1. The fraction of sp³-hybridized carbons (Fsp3) is 0.250. The number of aryl methyl sites for hydroxylation is 1. The highest BCUT2D eigenvalue weighted by Gasteiger charge is 2.34. The van der Waals surface area contributed by atoms with Gasteiger partial charge in [-0.1, -0.05) is 48.4 Å². The number of amides is 1. The van der Waals surface area contributed by atoms with Crippen LogP contribution in [0, 0.1) is 0 Å². The van der Waals surface area contributed by atoms with Gasteiger partial charge < -0.3 is 9.47 Å². The van der Waals surface area contributed by atoms with E-state index in [1.165, 1.54) is 5.56 Å². The number of hydrogen-bond acceptors (Lipinski definition) is 4. The maximum Gasteiger partial charge on any atom is 0.268 e. The average Bonchev–Trinajstić information content (AvgIpc) is 3.08. The molecular formula is C24H24NO4S. The van der Waals surface area contributed by atoms with Crippen LogP contribution in [-0.2, 0) is 16.0 Å². The molecule has 2 aromatic rings. The molecule has 1 aliphatic carbocycles. The van der Waals surface area contributed by atoms with Gasteiger partial charge in [0.25, 0.3) is 5.91 Å². The SMILES string of the molecule is COc1ccc(N2[SH]C3=CC(=O)CC=C3C2=O)cc1OC(C)CCc1ccccc1. The number of benzene rings is 2. The molecule has 2 aliphatic rings. The summed E-state index contributed by atoms with van der Waals surface area (Å²) in [7, 11) is 1.60. The minimum absolute atomic E-state index is 0.0215. The summed E-state index contributed by atoms with van der Waals surface area (Å²) in [5, 5.41) is 0. The lowest BCUT2D eigenvalue weighted by Crippen LogP contribution is -2.19. The average molecular weight is 423 g/mol. The normalized spacial score (nSPS) is 16.7. The maximum absolute atomic E-state index is 12.8. The van der Waals surface area contributed by atoms with Gasteiger partial charge in [-0.15, -0.1) is 0 Å². The zero-order chi connectivity index (χ0) is 21.1. The standard InChI is InChI=1S/C24H24NO4S/c1-16(8-9-17-6-4-3-5-7-17)29-22-14-18(10-13-21(22)28-2)25-24(27)20-12-11-19(26)15-23(20)30-25/h3-7,10,12-16,30H,8-9,11H2,1-2H3. The first-order valence-corrected chi connectivity index (χ1v) is 10.8. The quantitative estimate of drug-likeness (QED) is 0.663. The van der Waals surface area contributed by atoms with Crippen molar-refractivity contribution < 1.29 is 19.1 Å². The molecule has 0 saturated carbocycles. The Morgan fingerprint density at radius 3 is 2.67 bits per heavy atom. The van der Waals surface area contributed by atoms with Gasteiger partial charge >= 0.3 is 0 Å². The number of ketones is 1. The summed E-state index contributed by atoms with van der Waals surface area (Å²) in [6.07, 6.45) is 5.33. The number of rotatable bonds is 7. The van der Waals surface area contributed by atoms with Crippen LogP contribution in [0.5, 0.6) is 11.5 Å². The summed E-state index contributed by atoms with van der Waals surface area (Å²) >= 11 is 0.686. The van der Waals surface area contributed by atoms with Crippen molar-refractivity contribution in [2.45, 2.75) is 32.3 Å². The molecule has 1 radical (unpaired) electrons. The van der Waals surface area contributed by atoms with E-state index in [4.69, 9.17) is 9.47 Å². The number of thiol groups is 1. The fourth-order valence-corrected chi connectivity index (χ4v) is 4.65. The Bertz CT molecular complexity index is 1030. The highest BCUT2D eigenvalue weighted by atomic mass is 32.2. The molecule has 1 unspecified atom stereocenters. The molecule has 4 rings (SSSR count). The Hall–Kier alpha value is -2.99. The minimum Gasteiger partial charge on any atom is -0.493 e. The Balaban J connectivity index is 1.50. The molecule has 1 aliphatic heterocycles. The molecule has 1 atom stereocenters. The van der Waals surface area contributed by atoms with E-state index in [0.29, 0.717) is 29.0 Å². The molecule has 1 amide bonds. The monoisotopic (exact) mass is 422 g/mol. The van der Waals surface area contributed by atoms with Crippen molar-refractivity contribution in [1.29, 1.82) is 0 Å². The van der Waals surface area contributed by atoms with Crippen molar-refractivity contribution in [3.8, 4) is 11.5 Å². The first kappa shape index (κ1) is 20.3. The third-order valence-corrected chi connectivity index (χ3v) is 6.31. The van der Waals surface area contributed by atoms with E-state index in [-0.39, 0.29) is 24.2 Å². The highest BCUT2D eigenvalue weighted by Crippen LogP contribution is 2.44. The van der Waals surface area contributed by atoms with Gasteiger partial charge in [-0.25, -0.2) is 0 Å². The van der Waals surface area contributed by atoms with Crippen molar-refractivity contribution >= 4 is 29.3 Å². The Kier molecular flexibility index (Phi) is 5.95. The molecule has 0 spiro atoms. The summed E-state index contributed by atoms with van der Waals surface area (Å²) in [6.45, 7) is 2.03. The number of methoxy groups -OCH3 is 1. The van der Waals surface area contributed by atoms with Gasteiger partial charge in [-0.3, -0.25) is 13.9 Å². The predicted molar refractivity (Wildman–Crippen MR) is 120 cm³/mol. The number of anilines is 1. The van der Waals surface area contributed by atoms with E-state index in [1.54, 1.807) is 23.6 Å². The van der Waals surface area contributed by atoms with Crippen LogP contribution in [0.15, 0.2) is 71.2 Å². The molecule has 155 valence electrons. The Morgan fingerprint density at radius 1 is 1.10 bits per heavy atom. The van der Waals surface area contributed by atoms with E-state index in [0.717, 1.165) is 23.4 Å². The van der Waals surface area contributed by atoms with Gasteiger partial charge in [0, 0.05) is 17.4 Å². The fourth-order valence-electron chi connectivity index (χ4n) is 3.50. The molecule has 30 heavy (non-hydrogen) atoms. The second-order valence-corrected chi connectivity index (χ2v) is 8.40. The molecule has 1 fully saturated rings. The molecular weight excluding hydrogens is 398 g/mol. The van der Waals surface area contributed by atoms with E-state index in [9.17, 15) is 9.59 Å². The molecule has 1 heterocycles. The lowest BCUT2D eigenvalue weighted by molar-refractivity contribution is -0.114. The molecule has 0 aromatic heterocycles. The van der Waals surface area contributed by atoms with Crippen LogP contribution in [0.2, 0.25) is 0 Å². The number of nitrogens with zero attached hydrogens (tertiary/aromatic N) is 1. The van der Waals surface area contributed by atoms with Crippen LogP contribution in [-0.4, -0.2) is 24.9 Å². The molecule has 0 bridgehead atoms. The van der Waals surface area contributed by atoms with Gasteiger partial charge in [0.05, 0.1) is 24.5 Å². The van der Waals surface area contributed by atoms with Crippen LogP contribution in [0.25, 0.3) is 0 Å². The molecule has 2 aromatic carbocycles. The number of carbonyl (C=O) groups is 2. The van der Waals surface area contributed by atoms with E-state index >= 15 is 0 Å². The van der Waals surface area contributed by atoms with E-state index in [2.05, 4.69) is 12.1 Å². The summed E-state index contributed by atoms with van der Waals surface area (Å²) < 4.78 is 13.3. The summed E-state index contributed by atoms with van der Waals surface area (Å²) in [5.74, 6) is 1.16. The maximum atomic E-state index is 12.8. The second kappa shape index (κ2) is 8.79. The first-order chi connectivity index (χ1) is 14.5. The first-order valence-electron chi connectivity index (χ1n) is 9.95. The molecule has 5 nitrogen and oxygen atoms in total. The zero-order valence-corrected chi connectivity index (χ0v) is 17.9. The van der Waals surface area contributed by atoms with Gasteiger partial charge in [0.2, 0.25) is 0 Å². The second-order valence-electron chi connectivity index (χ2n) is 7.32. The smallest absolute Gasteiger partial charge is 0.268 e.